The number of rotatable bonds is 4. The first-order valence-corrected chi connectivity index (χ1v) is 7.99. The minimum Gasteiger partial charge on any atom is -0.353 e. The van der Waals surface area contributed by atoms with E-state index in [1.54, 1.807) is 11.8 Å². The van der Waals surface area contributed by atoms with E-state index in [1.165, 1.54) is 0 Å². The lowest BCUT2D eigenvalue weighted by Gasteiger charge is -2.22. The molecule has 1 saturated carbocycles. The Labute approximate surface area is 120 Å². The van der Waals surface area contributed by atoms with Crippen LogP contribution in [0.4, 0.5) is 0 Å². The fourth-order valence-corrected chi connectivity index (χ4v) is 3.53. The van der Waals surface area contributed by atoms with E-state index in [1.807, 2.05) is 6.92 Å². The lowest BCUT2D eigenvalue weighted by molar-refractivity contribution is -0.122. The molecule has 2 unspecified atom stereocenters. The van der Waals surface area contributed by atoms with Gasteiger partial charge in [0.25, 0.3) is 0 Å². The van der Waals surface area contributed by atoms with Crippen molar-refractivity contribution in [2.75, 3.05) is 6.54 Å². The maximum Gasteiger partial charge on any atom is 0.242 e. The van der Waals surface area contributed by atoms with Crippen molar-refractivity contribution >= 4 is 22.8 Å². The minimum atomic E-state index is -0.194. The molecule has 1 aliphatic carbocycles. The first-order valence-electron chi connectivity index (χ1n) is 7.11. The second-order valence-corrected chi connectivity index (χ2v) is 8.09. The van der Waals surface area contributed by atoms with Crippen LogP contribution in [0.1, 0.15) is 47.0 Å². The Morgan fingerprint density at radius 3 is 2.74 bits per heavy atom. The Hall–Kier alpha value is -0.710. The van der Waals surface area contributed by atoms with Gasteiger partial charge in [-0.2, -0.15) is 0 Å². The Balaban J connectivity index is 1.73. The average molecular weight is 283 g/mol. The number of carbonyl (C=O) groups is 1. The Morgan fingerprint density at radius 2 is 2.16 bits per heavy atom. The van der Waals surface area contributed by atoms with Gasteiger partial charge in [0.2, 0.25) is 5.91 Å². The van der Waals surface area contributed by atoms with E-state index in [9.17, 15) is 4.79 Å². The van der Waals surface area contributed by atoms with Crippen LogP contribution in [0, 0.1) is 5.41 Å². The summed E-state index contributed by atoms with van der Waals surface area (Å²) in [5, 5.41) is 7.71. The van der Waals surface area contributed by atoms with Gasteiger partial charge in [0, 0.05) is 11.3 Å². The molecule has 2 atom stereocenters. The largest absolute Gasteiger partial charge is 0.353 e. The fourth-order valence-electron chi connectivity index (χ4n) is 2.09. The monoisotopic (exact) mass is 283 g/mol. The molecule has 19 heavy (non-hydrogen) atoms. The summed E-state index contributed by atoms with van der Waals surface area (Å²) >= 11 is 1.78. The van der Waals surface area contributed by atoms with Crippen LogP contribution in [0.25, 0.3) is 0 Å². The SMILES string of the molecule is CC(NC1=NCC(CC(C)(C)C)S1)C(=O)NC1CC1. The number of thioether (sulfide) groups is 1. The van der Waals surface area contributed by atoms with Gasteiger partial charge in [-0.1, -0.05) is 32.5 Å². The highest BCUT2D eigenvalue weighted by Gasteiger charge is 2.28. The van der Waals surface area contributed by atoms with Crippen LogP contribution in [0.3, 0.4) is 0 Å². The summed E-state index contributed by atoms with van der Waals surface area (Å²) in [6.07, 6.45) is 3.40. The third-order valence-electron chi connectivity index (χ3n) is 3.21. The lowest BCUT2D eigenvalue weighted by Crippen LogP contribution is -2.44. The molecule has 0 spiro atoms. The van der Waals surface area contributed by atoms with Gasteiger partial charge in [-0.25, -0.2) is 0 Å². The smallest absolute Gasteiger partial charge is 0.242 e. The molecule has 0 aromatic rings. The molecule has 0 saturated heterocycles. The van der Waals surface area contributed by atoms with Gasteiger partial charge < -0.3 is 10.6 Å². The molecule has 0 aromatic heterocycles. The minimum absolute atomic E-state index is 0.0880. The molecule has 1 amide bonds. The van der Waals surface area contributed by atoms with Crippen LogP contribution in [0.5, 0.6) is 0 Å². The predicted molar refractivity (Wildman–Crippen MR) is 81.5 cm³/mol. The van der Waals surface area contributed by atoms with E-state index >= 15 is 0 Å². The summed E-state index contributed by atoms with van der Waals surface area (Å²) in [4.78, 5) is 16.4. The van der Waals surface area contributed by atoms with E-state index in [-0.39, 0.29) is 11.9 Å². The first-order chi connectivity index (χ1) is 8.83. The maximum absolute atomic E-state index is 11.9. The molecule has 2 aliphatic rings. The van der Waals surface area contributed by atoms with Crippen molar-refractivity contribution in [2.24, 2.45) is 10.4 Å². The van der Waals surface area contributed by atoms with Gasteiger partial charge in [-0.05, 0) is 31.6 Å². The van der Waals surface area contributed by atoms with E-state index in [0.29, 0.717) is 16.7 Å². The Bertz CT molecular complexity index is 371. The quantitative estimate of drug-likeness (QED) is 0.831. The lowest BCUT2D eigenvalue weighted by atomic mass is 9.90. The third-order valence-corrected chi connectivity index (χ3v) is 4.33. The molecule has 1 heterocycles. The Kier molecular flexibility index (Phi) is 4.43. The van der Waals surface area contributed by atoms with Crippen molar-refractivity contribution < 1.29 is 4.79 Å². The summed E-state index contributed by atoms with van der Waals surface area (Å²) in [5.74, 6) is 0.0880. The van der Waals surface area contributed by atoms with Crippen molar-refractivity contribution in [1.82, 2.24) is 10.6 Å². The summed E-state index contributed by atoms with van der Waals surface area (Å²) in [7, 11) is 0. The number of nitrogens with zero attached hydrogens (tertiary/aromatic N) is 1. The zero-order chi connectivity index (χ0) is 14.0. The number of carbonyl (C=O) groups excluding carboxylic acids is 1. The highest BCUT2D eigenvalue weighted by molar-refractivity contribution is 8.14. The van der Waals surface area contributed by atoms with E-state index < -0.39 is 0 Å². The summed E-state index contributed by atoms with van der Waals surface area (Å²) in [6, 6.07) is 0.226. The van der Waals surface area contributed by atoms with Crippen LogP contribution < -0.4 is 10.6 Å². The number of hydrogen-bond acceptors (Lipinski definition) is 4. The molecular weight excluding hydrogens is 258 g/mol. The molecule has 1 aliphatic heterocycles. The first kappa shape index (κ1) is 14.7. The molecular formula is C14H25N3OS. The molecule has 108 valence electrons. The van der Waals surface area contributed by atoms with Crippen LogP contribution in [0.2, 0.25) is 0 Å². The maximum atomic E-state index is 11.9. The Morgan fingerprint density at radius 1 is 1.47 bits per heavy atom. The molecule has 0 aromatic carbocycles. The van der Waals surface area contributed by atoms with E-state index in [0.717, 1.165) is 31.0 Å². The summed E-state index contributed by atoms with van der Waals surface area (Å²) in [6.45, 7) is 9.53. The molecule has 0 bridgehead atoms. The third kappa shape index (κ3) is 5.05. The highest BCUT2D eigenvalue weighted by Crippen LogP contribution is 2.31. The molecule has 5 heteroatoms. The van der Waals surface area contributed by atoms with Gasteiger partial charge in [0.05, 0.1) is 6.54 Å². The number of aliphatic imine (C=N–C) groups is 1. The number of nitrogens with one attached hydrogen (secondary N) is 2. The standard InChI is InChI=1S/C14H25N3OS/c1-9(12(18)17-10-5-6-10)16-13-15-8-11(19-13)7-14(2,3)4/h9-11H,5-8H2,1-4H3,(H,15,16)(H,17,18). The van der Waals surface area contributed by atoms with Crippen molar-refractivity contribution in [2.45, 2.75) is 64.3 Å². The molecule has 0 radical (unpaired) electrons. The average Bonchev–Trinajstić information content (AvgIpc) is 2.98. The van der Waals surface area contributed by atoms with Crippen molar-refractivity contribution in [3.8, 4) is 0 Å². The van der Waals surface area contributed by atoms with Gasteiger partial charge >= 0.3 is 0 Å². The van der Waals surface area contributed by atoms with Crippen molar-refractivity contribution in [3.05, 3.63) is 0 Å². The molecule has 2 rings (SSSR count). The van der Waals surface area contributed by atoms with Crippen molar-refractivity contribution in [1.29, 1.82) is 0 Å². The van der Waals surface area contributed by atoms with Crippen LogP contribution >= 0.6 is 11.8 Å². The summed E-state index contributed by atoms with van der Waals surface area (Å²) in [5.41, 5.74) is 0.331. The van der Waals surface area contributed by atoms with Gasteiger partial charge in [-0.15, -0.1) is 0 Å². The van der Waals surface area contributed by atoms with Gasteiger partial charge in [0.1, 0.15) is 6.04 Å². The molecule has 2 N–H and O–H groups in total. The second-order valence-electron chi connectivity index (χ2n) is 6.80. The highest BCUT2D eigenvalue weighted by atomic mass is 32.2. The number of amides is 1. The van der Waals surface area contributed by atoms with Gasteiger partial charge in [-0.3, -0.25) is 9.79 Å². The number of amidine groups is 1. The van der Waals surface area contributed by atoms with E-state index in [2.05, 4.69) is 36.4 Å². The molecule has 4 nitrogen and oxygen atoms in total. The van der Waals surface area contributed by atoms with Crippen LogP contribution in [-0.2, 0) is 4.79 Å². The molecule has 1 fully saturated rings. The van der Waals surface area contributed by atoms with Crippen LogP contribution in [0.15, 0.2) is 4.99 Å². The zero-order valence-corrected chi connectivity index (χ0v) is 13.1. The normalized spacial score (nSPS) is 24.8. The van der Waals surface area contributed by atoms with Gasteiger partial charge in [0.15, 0.2) is 5.17 Å². The summed E-state index contributed by atoms with van der Waals surface area (Å²) < 4.78 is 0. The topological polar surface area (TPSA) is 53.5 Å². The number of hydrogen-bond donors (Lipinski definition) is 2. The van der Waals surface area contributed by atoms with Crippen LogP contribution in [-0.4, -0.2) is 35.0 Å². The second kappa shape index (κ2) is 5.73. The zero-order valence-electron chi connectivity index (χ0n) is 12.3. The van der Waals surface area contributed by atoms with E-state index in [4.69, 9.17) is 0 Å². The van der Waals surface area contributed by atoms with Crippen molar-refractivity contribution in [3.63, 3.8) is 0 Å². The predicted octanol–water partition coefficient (Wildman–Crippen LogP) is 2.15. The fraction of sp³-hybridized carbons (Fsp3) is 0.857.